The third-order valence-electron chi connectivity index (χ3n) is 6.90. The zero-order chi connectivity index (χ0) is 22.5. The van der Waals surface area contributed by atoms with Gasteiger partial charge >= 0.3 is 5.69 Å². The number of likely N-dealkylation sites (tertiary alicyclic amines) is 1. The van der Waals surface area contributed by atoms with E-state index in [-0.39, 0.29) is 17.5 Å². The Balaban J connectivity index is 1.25. The molecule has 2 aromatic carbocycles. The van der Waals surface area contributed by atoms with Crippen LogP contribution in [0.5, 0.6) is 0 Å². The molecular weight excluding hydrogens is 416 g/mol. The zero-order valence-corrected chi connectivity index (χ0v) is 18.6. The average molecular weight is 443 g/mol. The van der Waals surface area contributed by atoms with E-state index in [2.05, 4.69) is 23.3 Å². The number of hydrogen-bond donors (Lipinski definition) is 0. The van der Waals surface area contributed by atoms with Gasteiger partial charge < -0.3 is 9.32 Å². The third kappa shape index (κ3) is 3.67. The number of aryl methyl sites for hydroxylation is 1. The summed E-state index contributed by atoms with van der Waals surface area (Å²) in [5.41, 5.74) is 3.87. The smallest absolute Gasteiger partial charge is 0.345 e. The molecule has 2 fully saturated rings. The summed E-state index contributed by atoms with van der Waals surface area (Å²) in [6.07, 6.45) is 4.67. The van der Waals surface area contributed by atoms with Crippen molar-refractivity contribution in [3.8, 4) is 22.5 Å². The van der Waals surface area contributed by atoms with Crippen molar-refractivity contribution in [2.24, 2.45) is 18.9 Å². The molecule has 0 bridgehead atoms. The highest BCUT2D eigenvalue weighted by Crippen LogP contribution is 2.33. The van der Waals surface area contributed by atoms with E-state index in [1.807, 2.05) is 35.2 Å². The Labute approximate surface area is 191 Å². The lowest BCUT2D eigenvalue weighted by Gasteiger charge is -2.16. The second kappa shape index (κ2) is 7.76. The van der Waals surface area contributed by atoms with Crippen molar-refractivity contribution < 1.29 is 9.21 Å². The molecule has 3 heterocycles. The summed E-state index contributed by atoms with van der Waals surface area (Å²) in [7, 11) is 1.69. The molecule has 1 saturated heterocycles. The number of carbonyl (C=O) groups excluding carboxylic acids is 1. The standard InChI is InChI=1S/C26H26N4O3/c1-28-26(32)30(16-17-10-12-29(15-17)25(31)20-6-7-20)24(27-28)19-4-2-18(3-5-19)21-8-9-23-22(14-21)11-13-33-23/h2-5,8-9,11,13-14,17,20H,6-7,10,12,15-16H2,1H3/t17-/m1/s1. The highest BCUT2D eigenvalue weighted by Gasteiger charge is 2.37. The van der Waals surface area contributed by atoms with Crippen LogP contribution in [0.4, 0.5) is 0 Å². The van der Waals surface area contributed by atoms with Gasteiger partial charge in [-0.15, -0.1) is 5.10 Å². The van der Waals surface area contributed by atoms with Gasteiger partial charge in [-0.05, 0) is 54.5 Å². The van der Waals surface area contributed by atoms with Gasteiger partial charge in [0.15, 0.2) is 5.82 Å². The van der Waals surface area contributed by atoms with Crippen LogP contribution in [0.25, 0.3) is 33.5 Å². The summed E-state index contributed by atoms with van der Waals surface area (Å²) < 4.78 is 8.60. The van der Waals surface area contributed by atoms with Gasteiger partial charge in [0.25, 0.3) is 0 Å². The lowest BCUT2D eigenvalue weighted by atomic mass is 10.0. The van der Waals surface area contributed by atoms with E-state index in [4.69, 9.17) is 4.42 Å². The molecule has 33 heavy (non-hydrogen) atoms. The van der Waals surface area contributed by atoms with E-state index in [1.165, 1.54) is 4.68 Å². The molecule has 7 heteroatoms. The number of hydrogen-bond acceptors (Lipinski definition) is 4. The first kappa shape index (κ1) is 20.0. The van der Waals surface area contributed by atoms with Crippen LogP contribution < -0.4 is 5.69 Å². The molecule has 1 saturated carbocycles. The molecule has 1 aliphatic carbocycles. The maximum Gasteiger partial charge on any atom is 0.345 e. The second-order valence-corrected chi connectivity index (χ2v) is 9.30. The van der Waals surface area contributed by atoms with E-state index in [0.717, 1.165) is 60.0 Å². The first-order chi connectivity index (χ1) is 16.1. The molecule has 0 N–H and O–H groups in total. The van der Waals surface area contributed by atoms with Crippen molar-refractivity contribution >= 4 is 16.9 Å². The minimum absolute atomic E-state index is 0.119. The lowest BCUT2D eigenvalue weighted by Crippen LogP contribution is -2.31. The molecule has 0 spiro atoms. The number of furan rings is 1. The van der Waals surface area contributed by atoms with E-state index in [0.29, 0.717) is 18.3 Å². The summed E-state index contributed by atoms with van der Waals surface area (Å²) in [5, 5.41) is 5.60. The molecule has 2 aromatic heterocycles. The van der Waals surface area contributed by atoms with Gasteiger partial charge in [0.05, 0.1) is 6.26 Å². The molecule has 168 valence electrons. The minimum Gasteiger partial charge on any atom is -0.464 e. The van der Waals surface area contributed by atoms with Crippen LogP contribution in [0, 0.1) is 11.8 Å². The molecule has 0 unspecified atom stereocenters. The summed E-state index contributed by atoms with van der Waals surface area (Å²) in [4.78, 5) is 27.2. The lowest BCUT2D eigenvalue weighted by molar-refractivity contribution is -0.131. The van der Waals surface area contributed by atoms with Gasteiger partial charge in [0.2, 0.25) is 5.91 Å². The Hall–Kier alpha value is -3.61. The number of aromatic nitrogens is 3. The maximum atomic E-state index is 12.8. The molecule has 6 rings (SSSR count). The first-order valence-corrected chi connectivity index (χ1v) is 11.6. The Morgan fingerprint density at radius 3 is 2.58 bits per heavy atom. The van der Waals surface area contributed by atoms with E-state index in [1.54, 1.807) is 17.9 Å². The van der Waals surface area contributed by atoms with Crippen molar-refractivity contribution in [3.05, 3.63) is 65.3 Å². The summed E-state index contributed by atoms with van der Waals surface area (Å²) in [6.45, 7) is 2.10. The number of benzene rings is 2. The first-order valence-electron chi connectivity index (χ1n) is 11.6. The van der Waals surface area contributed by atoms with E-state index in [9.17, 15) is 9.59 Å². The van der Waals surface area contributed by atoms with Crippen LogP contribution in [0.1, 0.15) is 19.3 Å². The summed E-state index contributed by atoms with van der Waals surface area (Å²) in [5.74, 6) is 1.48. The van der Waals surface area contributed by atoms with Gasteiger partial charge in [-0.2, -0.15) is 0 Å². The number of nitrogens with zero attached hydrogens (tertiary/aromatic N) is 4. The van der Waals surface area contributed by atoms with Gasteiger partial charge in [-0.25, -0.2) is 9.48 Å². The Morgan fingerprint density at radius 1 is 1.03 bits per heavy atom. The fourth-order valence-electron chi connectivity index (χ4n) is 4.87. The molecule has 0 radical (unpaired) electrons. The normalized spacial score (nSPS) is 18.3. The largest absolute Gasteiger partial charge is 0.464 e. The molecule has 1 amide bonds. The predicted octanol–water partition coefficient (Wildman–Crippen LogP) is 3.92. The Kier molecular flexibility index (Phi) is 4.71. The fourth-order valence-corrected chi connectivity index (χ4v) is 4.87. The quantitative estimate of drug-likeness (QED) is 0.470. The summed E-state index contributed by atoms with van der Waals surface area (Å²) >= 11 is 0. The van der Waals surface area contributed by atoms with Crippen molar-refractivity contribution in [3.63, 3.8) is 0 Å². The van der Waals surface area contributed by atoms with Crippen LogP contribution >= 0.6 is 0 Å². The summed E-state index contributed by atoms with van der Waals surface area (Å²) in [6, 6.07) is 16.3. The third-order valence-corrected chi connectivity index (χ3v) is 6.90. The molecular formula is C26H26N4O3. The molecule has 1 aliphatic heterocycles. The van der Waals surface area contributed by atoms with Gasteiger partial charge in [0.1, 0.15) is 5.58 Å². The number of fused-ring (bicyclic) bond motifs is 1. The van der Waals surface area contributed by atoms with Crippen LogP contribution in [0.3, 0.4) is 0 Å². The topological polar surface area (TPSA) is 73.3 Å². The fraction of sp³-hybridized carbons (Fsp3) is 0.346. The van der Waals surface area contributed by atoms with E-state index >= 15 is 0 Å². The van der Waals surface area contributed by atoms with Crippen molar-refractivity contribution in [1.82, 2.24) is 19.2 Å². The number of rotatable bonds is 5. The maximum absolute atomic E-state index is 12.8. The van der Waals surface area contributed by atoms with Crippen LogP contribution in [0.15, 0.2) is 64.0 Å². The predicted molar refractivity (Wildman–Crippen MR) is 126 cm³/mol. The van der Waals surface area contributed by atoms with Crippen molar-refractivity contribution in [2.75, 3.05) is 13.1 Å². The second-order valence-electron chi connectivity index (χ2n) is 9.30. The number of carbonyl (C=O) groups is 1. The Bertz CT molecular complexity index is 1390. The average Bonchev–Trinajstić information content (AvgIpc) is 3.28. The van der Waals surface area contributed by atoms with Gasteiger partial charge in [-0.1, -0.05) is 30.3 Å². The van der Waals surface area contributed by atoms with Crippen LogP contribution in [0.2, 0.25) is 0 Å². The molecule has 2 aliphatic rings. The van der Waals surface area contributed by atoms with Crippen LogP contribution in [-0.4, -0.2) is 38.2 Å². The SMILES string of the molecule is Cn1nc(-c2ccc(-c3ccc4occc4c3)cc2)n(C[C@@H]2CCN(C(=O)C3CC3)C2)c1=O. The Morgan fingerprint density at radius 2 is 1.79 bits per heavy atom. The van der Waals surface area contributed by atoms with Crippen molar-refractivity contribution in [2.45, 2.75) is 25.8 Å². The monoisotopic (exact) mass is 442 g/mol. The molecule has 4 aromatic rings. The highest BCUT2D eigenvalue weighted by molar-refractivity contribution is 5.84. The van der Waals surface area contributed by atoms with E-state index < -0.39 is 0 Å². The zero-order valence-electron chi connectivity index (χ0n) is 18.6. The molecule has 7 nitrogen and oxygen atoms in total. The minimum atomic E-state index is -0.119. The van der Waals surface area contributed by atoms with Crippen LogP contribution in [-0.2, 0) is 18.4 Å². The number of amides is 1. The highest BCUT2D eigenvalue weighted by atomic mass is 16.3. The van der Waals surface area contributed by atoms with Crippen molar-refractivity contribution in [1.29, 1.82) is 0 Å². The van der Waals surface area contributed by atoms with Gasteiger partial charge in [0, 0.05) is 43.5 Å². The molecule has 1 atom stereocenters. The van der Waals surface area contributed by atoms with Gasteiger partial charge in [-0.3, -0.25) is 9.36 Å².